The van der Waals surface area contributed by atoms with Crippen LogP contribution in [0.4, 0.5) is 0 Å². The largest absolute Gasteiger partial charge is 0.494 e. The number of carbonyl (C=O) groups excluding carboxylic acids is 1. The van der Waals surface area contributed by atoms with Crippen LogP contribution in [-0.4, -0.2) is 42.2 Å². The van der Waals surface area contributed by atoms with Gasteiger partial charge in [-0.2, -0.15) is 0 Å². The first kappa shape index (κ1) is 28.2. The van der Waals surface area contributed by atoms with Crippen molar-refractivity contribution in [3.63, 3.8) is 0 Å². The molecule has 206 valence electrons. The number of aliphatic imine (C=N–C) groups is 1. The van der Waals surface area contributed by atoms with Gasteiger partial charge in [-0.15, -0.1) is 6.58 Å². The quantitative estimate of drug-likeness (QED) is 0.111. The number of ether oxygens (including phenoxy) is 2. The molecule has 1 amide bonds. The smallest absolute Gasteiger partial charge is 0.252 e. The second-order valence-electron chi connectivity index (χ2n) is 10.1. The summed E-state index contributed by atoms with van der Waals surface area (Å²) in [6, 6.07) is 14.9. The van der Waals surface area contributed by atoms with E-state index in [0.29, 0.717) is 42.7 Å². The number of nitrogens with zero attached hydrogens (tertiary/aromatic N) is 4. The van der Waals surface area contributed by atoms with Gasteiger partial charge >= 0.3 is 0 Å². The molecule has 2 N–H and O–H groups in total. The van der Waals surface area contributed by atoms with Crippen molar-refractivity contribution < 1.29 is 19.4 Å². The number of nitrogens with one attached hydrogen (secondary N) is 1. The number of benzene rings is 2. The molecule has 0 aromatic heterocycles. The van der Waals surface area contributed by atoms with E-state index in [2.05, 4.69) is 21.9 Å². The second kappa shape index (κ2) is 13.8. The van der Waals surface area contributed by atoms with Crippen LogP contribution >= 0.6 is 0 Å². The SMILES string of the molecule is C=CC[C@@]1(C(=O)NCC2CCCCC2)N=C(c2ccc(OCCCO)cc2)O[C@@H]1c1ccccc1CN=[N+]=[N-]. The van der Waals surface area contributed by atoms with Gasteiger partial charge < -0.3 is 19.9 Å². The predicted molar refractivity (Wildman–Crippen MR) is 150 cm³/mol. The molecule has 2 aromatic rings. The van der Waals surface area contributed by atoms with Gasteiger partial charge in [-0.3, -0.25) is 4.79 Å². The average molecular weight is 532 g/mol. The van der Waals surface area contributed by atoms with Crippen LogP contribution in [-0.2, 0) is 16.1 Å². The van der Waals surface area contributed by atoms with Crippen molar-refractivity contribution in [2.24, 2.45) is 16.0 Å². The molecule has 2 aliphatic rings. The first-order chi connectivity index (χ1) is 19.1. The van der Waals surface area contributed by atoms with Gasteiger partial charge in [0.15, 0.2) is 11.6 Å². The Labute approximate surface area is 229 Å². The van der Waals surface area contributed by atoms with Gasteiger partial charge in [0.25, 0.3) is 5.91 Å². The minimum atomic E-state index is -1.27. The van der Waals surface area contributed by atoms with Crippen LogP contribution in [0, 0.1) is 5.92 Å². The highest BCUT2D eigenvalue weighted by molar-refractivity contribution is 6.01. The molecule has 0 unspecified atom stereocenters. The number of amides is 1. The lowest BCUT2D eigenvalue weighted by Crippen LogP contribution is -2.49. The number of azide groups is 1. The van der Waals surface area contributed by atoms with E-state index < -0.39 is 11.6 Å². The highest BCUT2D eigenvalue weighted by atomic mass is 16.5. The number of aliphatic hydroxyl groups excluding tert-OH is 1. The van der Waals surface area contributed by atoms with E-state index in [4.69, 9.17) is 25.1 Å². The molecule has 2 atom stereocenters. The maximum absolute atomic E-state index is 14.0. The molecule has 1 heterocycles. The van der Waals surface area contributed by atoms with Crippen LogP contribution in [0.2, 0.25) is 0 Å². The summed E-state index contributed by atoms with van der Waals surface area (Å²) in [5.74, 6) is 1.29. The number of aliphatic hydroxyl groups is 1. The molecule has 39 heavy (non-hydrogen) atoms. The highest BCUT2D eigenvalue weighted by Crippen LogP contribution is 2.44. The fourth-order valence-electron chi connectivity index (χ4n) is 5.34. The lowest BCUT2D eigenvalue weighted by atomic mass is 9.82. The van der Waals surface area contributed by atoms with Crippen molar-refractivity contribution in [3.05, 3.63) is 88.3 Å². The Bertz CT molecular complexity index is 1200. The maximum atomic E-state index is 14.0. The fraction of sp³-hybridized carbons (Fsp3) is 0.467. The number of hydrogen-bond donors (Lipinski definition) is 2. The van der Waals surface area contributed by atoms with Crippen molar-refractivity contribution >= 4 is 11.8 Å². The first-order valence-corrected chi connectivity index (χ1v) is 13.7. The molecule has 1 saturated carbocycles. The minimum Gasteiger partial charge on any atom is -0.494 e. The van der Waals surface area contributed by atoms with Crippen molar-refractivity contribution in [1.29, 1.82) is 0 Å². The van der Waals surface area contributed by atoms with Crippen LogP contribution in [0.3, 0.4) is 0 Å². The lowest BCUT2D eigenvalue weighted by Gasteiger charge is -2.32. The van der Waals surface area contributed by atoms with E-state index in [9.17, 15) is 4.79 Å². The first-order valence-electron chi connectivity index (χ1n) is 13.7. The van der Waals surface area contributed by atoms with Crippen LogP contribution < -0.4 is 10.1 Å². The summed E-state index contributed by atoms with van der Waals surface area (Å²) in [5, 5.41) is 16.0. The average Bonchev–Trinajstić information content (AvgIpc) is 3.36. The highest BCUT2D eigenvalue weighted by Gasteiger charge is 2.53. The van der Waals surface area contributed by atoms with E-state index >= 15 is 0 Å². The Kier molecular flexibility index (Phi) is 10.00. The maximum Gasteiger partial charge on any atom is 0.252 e. The minimum absolute atomic E-state index is 0.0689. The van der Waals surface area contributed by atoms with E-state index in [1.54, 1.807) is 6.08 Å². The van der Waals surface area contributed by atoms with Gasteiger partial charge in [-0.25, -0.2) is 4.99 Å². The summed E-state index contributed by atoms with van der Waals surface area (Å²) >= 11 is 0. The molecule has 4 rings (SSSR count). The third-order valence-corrected chi connectivity index (χ3v) is 7.40. The summed E-state index contributed by atoms with van der Waals surface area (Å²) < 4.78 is 12.2. The normalized spacial score (nSPS) is 20.8. The van der Waals surface area contributed by atoms with E-state index in [1.807, 2.05) is 48.5 Å². The zero-order valence-corrected chi connectivity index (χ0v) is 22.3. The lowest BCUT2D eigenvalue weighted by molar-refractivity contribution is -0.129. The van der Waals surface area contributed by atoms with Crippen molar-refractivity contribution in [2.45, 2.75) is 63.1 Å². The Morgan fingerprint density at radius 2 is 2.00 bits per heavy atom. The van der Waals surface area contributed by atoms with Gasteiger partial charge in [-0.05, 0) is 59.7 Å². The summed E-state index contributed by atoms with van der Waals surface area (Å²) in [6.07, 6.45) is 7.67. The summed E-state index contributed by atoms with van der Waals surface area (Å²) in [6.45, 7) is 5.17. The van der Waals surface area contributed by atoms with Gasteiger partial charge in [0.2, 0.25) is 5.90 Å². The Morgan fingerprint density at radius 1 is 1.23 bits per heavy atom. The fourth-order valence-corrected chi connectivity index (χ4v) is 5.34. The zero-order chi connectivity index (χ0) is 27.5. The van der Waals surface area contributed by atoms with Crippen LogP contribution in [0.15, 0.2) is 71.3 Å². The second-order valence-corrected chi connectivity index (χ2v) is 10.1. The molecule has 0 bridgehead atoms. The topological polar surface area (TPSA) is 129 Å². The molecule has 9 heteroatoms. The molecular formula is C30H37N5O4. The van der Waals surface area contributed by atoms with Crippen molar-refractivity contribution in [1.82, 2.24) is 5.32 Å². The van der Waals surface area contributed by atoms with Gasteiger partial charge in [0.05, 0.1) is 13.2 Å². The van der Waals surface area contributed by atoms with E-state index in [0.717, 1.165) is 24.0 Å². The predicted octanol–water partition coefficient (Wildman–Crippen LogP) is 5.79. The molecule has 9 nitrogen and oxygen atoms in total. The van der Waals surface area contributed by atoms with E-state index in [-0.39, 0.29) is 25.5 Å². The van der Waals surface area contributed by atoms with Crippen LogP contribution in [0.5, 0.6) is 5.75 Å². The zero-order valence-electron chi connectivity index (χ0n) is 22.3. The van der Waals surface area contributed by atoms with Gasteiger partial charge in [0.1, 0.15) is 5.75 Å². The standard InChI is InChI=1S/C30H37N5O4/c1-2-17-30(29(37)32-20-22-9-4-3-5-10-22)27(26-12-7-6-11-24(26)21-33-35-31)39-28(34-30)23-13-15-25(16-14-23)38-19-8-18-36/h2,6-7,11-16,22,27,36H,1,3-5,8-10,17-21H2,(H,32,37)/t27-,30-/m1/s1. The summed E-state index contributed by atoms with van der Waals surface area (Å²) in [5.41, 5.74) is 9.91. The molecule has 0 radical (unpaired) electrons. The molecule has 1 fully saturated rings. The Balaban J connectivity index is 1.68. The molecule has 0 saturated heterocycles. The molecule has 1 aliphatic carbocycles. The molecule has 1 aliphatic heterocycles. The number of hydrogen-bond acceptors (Lipinski definition) is 6. The monoisotopic (exact) mass is 531 g/mol. The van der Waals surface area contributed by atoms with Gasteiger partial charge in [0, 0.05) is 36.5 Å². The Hall–Kier alpha value is -3.81. The number of rotatable bonds is 13. The summed E-state index contributed by atoms with van der Waals surface area (Å²) in [4.78, 5) is 21.9. The molecule has 0 spiro atoms. The van der Waals surface area contributed by atoms with E-state index in [1.165, 1.54) is 19.3 Å². The van der Waals surface area contributed by atoms with Crippen molar-refractivity contribution in [3.8, 4) is 5.75 Å². The Morgan fingerprint density at radius 3 is 2.72 bits per heavy atom. The third-order valence-electron chi connectivity index (χ3n) is 7.40. The summed E-state index contributed by atoms with van der Waals surface area (Å²) in [7, 11) is 0. The van der Waals surface area contributed by atoms with Crippen LogP contribution in [0.1, 0.15) is 67.7 Å². The molecular weight excluding hydrogens is 494 g/mol. The third kappa shape index (κ3) is 6.80. The van der Waals surface area contributed by atoms with Gasteiger partial charge in [-0.1, -0.05) is 54.7 Å². The molecule has 2 aromatic carbocycles. The van der Waals surface area contributed by atoms with Crippen molar-refractivity contribution in [2.75, 3.05) is 19.8 Å². The van der Waals surface area contributed by atoms with Crippen LogP contribution in [0.25, 0.3) is 10.4 Å². The number of carbonyl (C=O) groups is 1.